The molecule has 0 aliphatic carbocycles. The summed E-state index contributed by atoms with van der Waals surface area (Å²) in [5.41, 5.74) is 1.65. The molecule has 0 saturated carbocycles. The summed E-state index contributed by atoms with van der Waals surface area (Å²) in [6.07, 6.45) is -4.02. The van der Waals surface area contributed by atoms with Gasteiger partial charge in [-0.3, -0.25) is 4.79 Å². The predicted molar refractivity (Wildman–Crippen MR) is 72.0 cm³/mol. The first-order valence-corrected chi connectivity index (χ1v) is 6.61. The van der Waals surface area contributed by atoms with Crippen LogP contribution in [-0.4, -0.2) is 16.0 Å². The van der Waals surface area contributed by atoms with Crippen LogP contribution in [-0.2, 0) is 17.4 Å². The summed E-state index contributed by atoms with van der Waals surface area (Å²) in [7, 11) is 0. The molecule has 0 aliphatic rings. The van der Waals surface area contributed by atoms with Crippen molar-refractivity contribution in [2.45, 2.75) is 32.4 Å². The van der Waals surface area contributed by atoms with Crippen LogP contribution in [0.2, 0.25) is 0 Å². The normalized spacial score (nSPS) is 11.5. The van der Waals surface area contributed by atoms with E-state index >= 15 is 0 Å². The Labute approximate surface area is 124 Å². The number of aromatic nitrogens is 2. The Kier molecular flexibility index (Phi) is 4.79. The standard InChI is InChI=1S/C14H14F3N3O2/c1-9-5-2-3-6-10(9)18-12(21)8-4-7-11-19-13(22-20-11)14(15,16)17/h2-3,5-6H,4,7-8H2,1H3,(H,18,21). The van der Waals surface area contributed by atoms with Gasteiger partial charge in [0.1, 0.15) is 0 Å². The van der Waals surface area contributed by atoms with E-state index in [1.54, 1.807) is 12.1 Å². The maximum atomic E-state index is 12.3. The summed E-state index contributed by atoms with van der Waals surface area (Å²) in [6, 6.07) is 7.32. The molecule has 2 rings (SSSR count). The van der Waals surface area contributed by atoms with Crippen LogP contribution in [0, 0.1) is 6.92 Å². The predicted octanol–water partition coefficient (Wildman–Crippen LogP) is 3.36. The number of hydrogen-bond acceptors (Lipinski definition) is 4. The van der Waals surface area contributed by atoms with Gasteiger partial charge in [0.05, 0.1) is 0 Å². The second-order valence-electron chi connectivity index (χ2n) is 4.73. The molecule has 1 N–H and O–H groups in total. The third-order valence-corrected chi connectivity index (χ3v) is 2.93. The van der Waals surface area contributed by atoms with E-state index in [-0.39, 0.29) is 24.6 Å². The van der Waals surface area contributed by atoms with E-state index in [1.165, 1.54) is 0 Å². The van der Waals surface area contributed by atoms with Gasteiger partial charge in [0.25, 0.3) is 0 Å². The summed E-state index contributed by atoms with van der Waals surface area (Å²) in [6.45, 7) is 1.87. The Hall–Kier alpha value is -2.38. The molecule has 1 heterocycles. The summed E-state index contributed by atoms with van der Waals surface area (Å²) in [5, 5.41) is 5.98. The quantitative estimate of drug-likeness (QED) is 0.919. The molecule has 0 spiro atoms. The third kappa shape index (κ3) is 4.31. The van der Waals surface area contributed by atoms with E-state index < -0.39 is 12.1 Å². The van der Waals surface area contributed by atoms with E-state index in [0.29, 0.717) is 12.1 Å². The van der Waals surface area contributed by atoms with Crippen molar-refractivity contribution in [1.82, 2.24) is 10.1 Å². The number of carbonyl (C=O) groups excluding carboxylic acids is 1. The van der Waals surface area contributed by atoms with Crippen molar-refractivity contribution in [2.24, 2.45) is 0 Å². The smallest absolute Gasteiger partial charge is 0.329 e. The fourth-order valence-electron chi connectivity index (χ4n) is 1.80. The molecular formula is C14H14F3N3O2. The number of nitrogens with zero attached hydrogens (tertiary/aromatic N) is 2. The average Bonchev–Trinajstić information content (AvgIpc) is 2.90. The molecule has 2 aromatic rings. The van der Waals surface area contributed by atoms with Crippen molar-refractivity contribution in [3.63, 3.8) is 0 Å². The molecule has 0 fully saturated rings. The number of nitrogens with one attached hydrogen (secondary N) is 1. The summed E-state index contributed by atoms with van der Waals surface area (Å²) in [5.74, 6) is -1.64. The molecule has 0 atom stereocenters. The Morgan fingerprint density at radius 1 is 1.32 bits per heavy atom. The molecule has 0 unspecified atom stereocenters. The number of rotatable bonds is 5. The average molecular weight is 313 g/mol. The highest BCUT2D eigenvalue weighted by atomic mass is 19.4. The first-order valence-electron chi connectivity index (χ1n) is 6.61. The zero-order valence-electron chi connectivity index (χ0n) is 11.8. The van der Waals surface area contributed by atoms with Gasteiger partial charge in [-0.2, -0.15) is 18.2 Å². The van der Waals surface area contributed by atoms with Crippen LogP contribution in [0.1, 0.15) is 30.1 Å². The number of carbonyl (C=O) groups is 1. The van der Waals surface area contributed by atoms with E-state index in [9.17, 15) is 18.0 Å². The Morgan fingerprint density at radius 2 is 2.05 bits per heavy atom. The first kappa shape index (κ1) is 16.0. The van der Waals surface area contributed by atoms with E-state index in [4.69, 9.17) is 0 Å². The van der Waals surface area contributed by atoms with Gasteiger partial charge >= 0.3 is 12.1 Å². The molecule has 5 nitrogen and oxygen atoms in total. The minimum Gasteiger partial charge on any atom is -0.329 e. The van der Waals surface area contributed by atoms with Gasteiger partial charge in [0, 0.05) is 18.5 Å². The highest BCUT2D eigenvalue weighted by Gasteiger charge is 2.38. The van der Waals surface area contributed by atoms with Gasteiger partial charge in [-0.25, -0.2) is 0 Å². The van der Waals surface area contributed by atoms with Gasteiger partial charge < -0.3 is 9.84 Å². The van der Waals surface area contributed by atoms with Gasteiger partial charge in [-0.15, -0.1) is 0 Å². The molecule has 1 amide bonds. The number of amides is 1. The van der Waals surface area contributed by atoms with Crippen LogP contribution >= 0.6 is 0 Å². The highest BCUT2D eigenvalue weighted by Crippen LogP contribution is 2.27. The molecule has 1 aromatic heterocycles. The number of para-hydroxylation sites is 1. The SMILES string of the molecule is Cc1ccccc1NC(=O)CCCc1noc(C(F)(F)F)n1. The topological polar surface area (TPSA) is 68.0 Å². The number of halogens is 3. The van der Waals surface area contributed by atoms with Crippen LogP contribution < -0.4 is 5.32 Å². The molecule has 0 bridgehead atoms. The number of benzene rings is 1. The molecule has 118 valence electrons. The number of aryl methyl sites for hydroxylation is 2. The van der Waals surface area contributed by atoms with Crippen LogP contribution in [0.3, 0.4) is 0 Å². The van der Waals surface area contributed by atoms with Gasteiger partial charge in [0.2, 0.25) is 5.91 Å². The maximum Gasteiger partial charge on any atom is 0.471 e. The molecule has 0 radical (unpaired) electrons. The fourth-order valence-corrected chi connectivity index (χ4v) is 1.80. The summed E-state index contributed by atoms with van der Waals surface area (Å²) < 4.78 is 40.9. The lowest BCUT2D eigenvalue weighted by Crippen LogP contribution is -2.12. The zero-order chi connectivity index (χ0) is 16.2. The summed E-state index contributed by atoms with van der Waals surface area (Å²) >= 11 is 0. The second-order valence-corrected chi connectivity index (χ2v) is 4.73. The lowest BCUT2D eigenvalue weighted by molar-refractivity contribution is -0.159. The summed E-state index contributed by atoms with van der Waals surface area (Å²) in [4.78, 5) is 15.0. The Morgan fingerprint density at radius 3 is 2.68 bits per heavy atom. The Balaban J connectivity index is 1.80. The van der Waals surface area contributed by atoms with Crippen molar-refractivity contribution < 1.29 is 22.5 Å². The van der Waals surface area contributed by atoms with Crippen molar-refractivity contribution in [1.29, 1.82) is 0 Å². The van der Waals surface area contributed by atoms with E-state index in [1.807, 2.05) is 19.1 Å². The van der Waals surface area contributed by atoms with Crippen molar-refractivity contribution in [3.8, 4) is 0 Å². The van der Waals surface area contributed by atoms with E-state index in [0.717, 1.165) is 5.56 Å². The zero-order valence-corrected chi connectivity index (χ0v) is 11.8. The van der Waals surface area contributed by atoms with Gasteiger partial charge in [-0.1, -0.05) is 23.4 Å². The molecule has 1 aromatic carbocycles. The highest BCUT2D eigenvalue weighted by molar-refractivity contribution is 5.91. The number of anilines is 1. The van der Waals surface area contributed by atoms with Gasteiger partial charge in [-0.05, 0) is 25.0 Å². The minimum atomic E-state index is -4.65. The largest absolute Gasteiger partial charge is 0.471 e. The van der Waals surface area contributed by atoms with Crippen molar-refractivity contribution >= 4 is 11.6 Å². The maximum absolute atomic E-state index is 12.3. The van der Waals surface area contributed by atoms with Crippen LogP contribution in [0.15, 0.2) is 28.8 Å². The first-order chi connectivity index (χ1) is 10.4. The molecule has 0 aliphatic heterocycles. The van der Waals surface area contributed by atoms with Crippen LogP contribution in [0.25, 0.3) is 0 Å². The fraction of sp³-hybridized carbons (Fsp3) is 0.357. The molecule has 8 heteroatoms. The second kappa shape index (κ2) is 6.59. The number of hydrogen-bond donors (Lipinski definition) is 1. The van der Waals surface area contributed by atoms with E-state index in [2.05, 4.69) is 20.0 Å². The molecule has 22 heavy (non-hydrogen) atoms. The van der Waals surface area contributed by atoms with Crippen molar-refractivity contribution in [3.05, 3.63) is 41.5 Å². The third-order valence-electron chi connectivity index (χ3n) is 2.93. The van der Waals surface area contributed by atoms with Crippen molar-refractivity contribution in [2.75, 3.05) is 5.32 Å². The lowest BCUT2D eigenvalue weighted by atomic mass is 10.2. The van der Waals surface area contributed by atoms with Crippen LogP contribution in [0.4, 0.5) is 18.9 Å². The minimum absolute atomic E-state index is 0.0592. The molecular weight excluding hydrogens is 299 g/mol. The number of alkyl halides is 3. The Bertz CT molecular complexity index is 653. The lowest BCUT2D eigenvalue weighted by Gasteiger charge is -2.07. The monoisotopic (exact) mass is 313 g/mol. The van der Waals surface area contributed by atoms with Gasteiger partial charge in [0.15, 0.2) is 5.82 Å². The molecule has 0 saturated heterocycles. The van der Waals surface area contributed by atoms with Crippen LogP contribution in [0.5, 0.6) is 0 Å².